The van der Waals surface area contributed by atoms with Gasteiger partial charge in [-0.25, -0.2) is 15.3 Å². The zero-order chi connectivity index (χ0) is 20.5. The van der Waals surface area contributed by atoms with E-state index in [1.54, 1.807) is 6.07 Å². The molecular weight excluding hydrogens is 372 g/mol. The molecule has 3 N–H and O–H groups in total. The SMILES string of the molecule is CCCOc1ccc(/C=N/NC(=O)CCc2n[nH]c(=O)[nH]c2=O)cc1[N+](=O)[O-]. The molecule has 1 aromatic carbocycles. The molecule has 0 saturated carbocycles. The zero-order valence-corrected chi connectivity index (χ0v) is 14.9. The van der Waals surface area contributed by atoms with Crippen molar-refractivity contribution in [3.63, 3.8) is 0 Å². The van der Waals surface area contributed by atoms with E-state index in [1.165, 1.54) is 18.3 Å². The molecule has 0 aliphatic rings. The molecule has 0 aliphatic carbocycles. The van der Waals surface area contributed by atoms with E-state index in [2.05, 4.69) is 20.7 Å². The standard InChI is InChI=1S/C16H18N6O6/c1-2-7-28-13-5-3-10(8-12(13)22(26)27)9-17-20-14(23)6-4-11-15(24)18-16(25)21-19-11/h3,5,8-9H,2,4,6-7H2,1H3,(H,20,23)(H2,18,21,24,25)/b17-9+. The van der Waals surface area contributed by atoms with Crippen LogP contribution >= 0.6 is 0 Å². The number of nitro benzene ring substituents is 1. The third-order valence-electron chi connectivity index (χ3n) is 3.41. The van der Waals surface area contributed by atoms with Crippen LogP contribution in [-0.4, -0.2) is 38.8 Å². The maximum Gasteiger partial charge on any atom is 0.342 e. The van der Waals surface area contributed by atoms with E-state index in [1.807, 2.05) is 11.9 Å². The van der Waals surface area contributed by atoms with Gasteiger partial charge in [-0.15, -0.1) is 0 Å². The third-order valence-corrected chi connectivity index (χ3v) is 3.41. The van der Waals surface area contributed by atoms with Gasteiger partial charge in [0.2, 0.25) is 5.91 Å². The van der Waals surface area contributed by atoms with Crippen molar-refractivity contribution in [1.29, 1.82) is 0 Å². The topological polar surface area (TPSA) is 172 Å². The molecule has 12 nitrogen and oxygen atoms in total. The van der Waals surface area contributed by atoms with Crippen molar-refractivity contribution in [2.45, 2.75) is 26.2 Å². The van der Waals surface area contributed by atoms with Gasteiger partial charge in [0, 0.05) is 24.5 Å². The normalized spacial score (nSPS) is 10.8. The van der Waals surface area contributed by atoms with Crippen LogP contribution in [0.4, 0.5) is 5.69 Å². The number of nitrogens with one attached hydrogen (secondary N) is 3. The van der Waals surface area contributed by atoms with Crippen molar-refractivity contribution < 1.29 is 14.5 Å². The number of hydrogen-bond acceptors (Lipinski definition) is 8. The first-order valence-electron chi connectivity index (χ1n) is 8.31. The Morgan fingerprint density at radius 3 is 2.89 bits per heavy atom. The Hall–Kier alpha value is -3.83. The first-order chi connectivity index (χ1) is 13.4. The molecule has 2 aromatic rings. The van der Waals surface area contributed by atoms with Gasteiger partial charge in [0.1, 0.15) is 5.69 Å². The number of nitro groups is 1. The van der Waals surface area contributed by atoms with Crippen LogP contribution in [0.2, 0.25) is 0 Å². The number of carbonyl (C=O) groups is 1. The van der Waals surface area contributed by atoms with Crippen LogP contribution < -0.4 is 21.4 Å². The van der Waals surface area contributed by atoms with E-state index in [0.717, 1.165) is 0 Å². The van der Waals surface area contributed by atoms with Crippen LogP contribution in [0.1, 0.15) is 31.0 Å². The summed E-state index contributed by atoms with van der Waals surface area (Å²) in [6, 6.07) is 4.31. The second-order valence-electron chi connectivity index (χ2n) is 5.58. The number of ether oxygens (including phenoxy) is 1. The molecule has 2 rings (SSSR count). The Kier molecular flexibility index (Phi) is 7.13. The van der Waals surface area contributed by atoms with Crippen molar-refractivity contribution in [2.24, 2.45) is 5.10 Å². The number of carbonyl (C=O) groups excluding carboxylic acids is 1. The molecule has 0 bridgehead atoms. The maximum absolute atomic E-state index is 11.8. The largest absolute Gasteiger partial charge is 0.487 e. The highest BCUT2D eigenvalue weighted by Crippen LogP contribution is 2.27. The highest BCUT2D eigenvalue weighted by atomic mass is 16.6. The Labute approximate surface area is 157 Å². The molecular formula is C16H18N6O6. The number of rotatable bonds is 9. The number of aryl methyl sites for hydroxylation is 1. The molecule has 0 aliphatic heterocycles. The van der Waals surface area contributed by atoms with E-state index < -0.39 is 22.1 Å². The lowest BCUT2D eigenvalue weighted by Crippen LogP contribution is -2.28. The Balaban J connectivity index is 1.95. The van der Waals surface area contributed by atoms with E-state index in [4.69, 9.17) is 4.74 Å². The molecule has 1 aromatic heterocycles. The molecule has 0 atom stereocenters. The summed E-state index contributed by atoms with van der Waals surface area (Å²) in [5.74, 6) is -0.340. The number of hydrogen-bond donors (Lipinski definition) is 3. The van der Waals surface area contributed by atoms with E-state index in [9.17, 15) is 24.5 Å². The van der Waals surface area contributed by atoms with Gasteiger partial charge < -0.3 is 4.74 Å². The second-order valence-corrected chi connectivity index (χ2v) is 5.58. The van der Waals surface area contributed by atoms with Crippen molar-refractivity contribution in [3.8, 4) is 5.75 Å². The fraction of sp³-hybridized carbons (Fsp3) is 0.312. The Morgan fingerprint density at radius 2 is 2.21 bits per heavy atom. The van der Waals surface area contributed by atoms with Crippen LogP contribution in [-0.2, 0) is 11.2 Å². The van der Waals surface area contributed by atoms with E-state index in [0.29, 0.717) is 18.6 Å². The molecule has 0 saturated heterocycles. The van der Waals surface area contributed by atoms with Crippen LogP contribution in [0.15, 0.2) is 32.9 Å². The lowest BCUT2D eigenvalue weighted by molar-refractivity contribution is -0.385. The Bertz CT molecular complexity index is 996. The minimum absolute atomic E-state index is 0.00238. The number of aromatic amines is 2. The summed E-state index contributed by atoms with van der Waals surface area (Å²) < 4.78 is 5.32. The van der Waals surface area contributed by atoms with Gasteiger partial charge in [-0.05, 0) is 18.6 Å². The molecule has 1 amide bonds. The summed E-state index contributed by atoms with van der Waals surface area (Å²) in [6.07, 6.45) is 1.87. The number of nitrogens with zero attached hydrogens (tertiary/aromatic N) is 3. The van der Waals surface area contributed by atoms with Gasteiger partial charge in [-0.3, -0.25) is 24.7 Å². The molecule has 148 valence electrons. The molecule has 0 spiro atoms. The minimum Gasteiger partial charge on any atom is -0.487 e. The van der Waals surface area contributed by atoms with Crippen LogP contribution in [0.3, 0.4) is 0 Å². The lowest BCUT2D eigenvalue weighted by atomic mass is 10.2. The van der Waals surface area contributed by atoms with Gasteiger partial charge in [-0.2, -0.15) is 10.2 Å². The first kappa shape index (κ1) is 20.5. The number of benzene rings is 1. The van der Waals surface area contributed by atoms with Crippen molar-refractivity contribution in [1.82, 2.24) is 20.6 Å². The molecule has 0 unspecified atom stereocenters. The van der Waals surface area contributed by atoms with Crippen LogP contribution in [0.25, 0.3) is 0 Å². The van der Waals surface area contributed by atoms with Gasteiger partial charge in [0.15, 0.2) is 5.75 Å². The summed E-state index contributed by atoms with van der Waals surface area (Å²) in [6.45, 7) is 2.25. The summed E-state index contributed by atoms with van der Waals surface area (Å²) in [4.78, 5) is 46.7. The number of hydrazone groups is 1. The number of aromatic nitrogens is 3. The van der Waals surface area contributed by atoms with E-state index >= 15 is 0 Å². The fourth-order valence-corrected chi connectivity index (χ4v) is 2.10. The third kappa shape index (κ3) is 5.86. The minimum atomic E-state index is -0.733. The Morgan fingerprint density at radius 1 is 1.43 bits per heavy atom. The smallest absolute Gasteiger partial charge is 0.342 e. The molecule has 28 heavy (non-hydrogen) atoms. The van der Waals surface area contributed by atoms with Crippen LogP contribution in [0.5, 0.6) is 5.75 Å². The highest BCUT2D eigenvalue weighted by molar-refractivity contribution is 5.83. The first-order valence-corrected chi connectivity index (χ1v) is 8.31. The van der Waals surface area contributed by atoms with Gasteiger partial charge in [-0.1, -0.05) is 6.92 Å². The van der Waals surface area contributed by atoms with Crippen molar-refractivity contribution in [2.75, 3.05) is 6.61 Å². The average molecular weight is 390 g/mol. The summed E-state index contributed by atoms with van der Waals surface area (Å²) in [5.41, 5.74) is 1.05. The fourth-order valence-electron chi connectivity index (χ4n) is 2.10. The van der Waals surface area contributed by atoms with Gasteiger partial charge in [0.25, 0.3) is 5.56 Å². The van der Waals surface area contributed by atoms with Crippen molar-refractivity contribution in [3.05, 3.63) is 60.4 Å². The quantitative estimate of drug-likeness (QED) is 0.312. The summed E-state index contributed by atoms with van der Waals surface area (Å²) in [7, 11) is 0. The lowest BCUT2D eigenvalue weighted by Gasteiger charge is -2.05. The predicted octanol–water partition coefficient (Wildman–Crippen LogP) is 0.238. The van der Waals surface area contributed by atoms with Crippen LogP contribution in [0, 0.1) is 10.1 Å². The highest BCUT2D eigenvalue weighted by Gasteiger charge is 2.15. The molecule has 0 radical (unpaired) electrons. The number of amides is 1. The molecule has 1 heterocycles. The summed E-state index contributed by atoms with van der Waals surface area (Å²) >= 11 is 0. The maximum atomic E-state index is 11.8. The monoisotopic (exact) mass is 390 g/mol. The predicted molar refractivity (Wildman–Crippen MR) is 98.4 cm³/mol. The summed E-state index contributed by atoms with van der Waals surface area (Å²) in [5, 5.41) is 20.5. The second kappa shape index (κ2) is 9.75. The van der Waals surface area contributed by atoms with E-state index in [-0.39, 0.29) is 30.0 Å². The number of H-pyrrole nitrogens is 2. The van der Waals surface area contributed by atoms with Crippen molar-refractivity contribution >= 4 is 17.8 Å². The molecule has 0 fully saturated rings. The molecule has 12 heteroatoms. The van der Waals surface area contributed by atoms with Gasteiger partial charge >= 0.3 is 11.4 Å². The van der Waals surface area contributed by atoms with Gasteiger partial charge in [0.05, 0.1) is 17.7 Å². The average Bonchev–Trinajstić information content (AvgIpc) is 2.66. The zero-order valence-electron chi connectivity index (χ0n) is 14.9.